The van der Waals surface area contributed by atoms with Gasteiger partial charge in [0.25, 0.3) is 5.91 Å². The summed E-state index contributed by atoms with van der Waals surface area (Å²) in [6, 6.07) is 12.5. The zero-order valence-corrected chi connectivity index (χ0v) is 18.7. The number of amides is 1. The van der Waals surface area contributed by atoms with Crippen molar-refractivity contribution in [2.75, 3.05) is 33.3 Å². The van der Waals surface area contributed by atoms with Crippen LogP contribution in [-0.2, 0) is 9.53 Å². The summed E-state index contributed by atoms with van der Waals surface area (Å²) in [7, 11) is 1.38. The molecule has 1 aromatic heterocycles. The molecule has 3 aromatic rings. The van der Waals surface area contributed by atoms with E-state index in [2.05, 4.69) is 11.9 Å². The highest BCUT2D eigenvalue weighted by atomic mass is 35.5. The van der Waals surface area contributed by atoms with E-state index in [9.17, 15) is 9.59 Å². The molecule has 0 bridgehead atoms. The monoisotopic (exact) mass is 439 g/mol. The minimum Gasteiger partial charge on any atom is -0.468 e. The van der Waals surface area contributed by atoms with Crippen LogP contribution < -0.4 is 0 Å². The lowest BCUT2D eigenvalue weighted by molar-refractivity contribution is -0.148. The average molecular weight is 440 g/mol. The fourth-order valence-corrected chi connectivity index (χ4v) is 4.48. The first-order valence-electron chi connectivity index (χ1n) is 10.3. The number of aromatic amines is 1. The van der Waals surface area contributed by atoms with Gasteiger partial charge in [-0.3, -0.25) is 9.69 Å². The van der Waals surface area contributed by atoms with Crippen LogP contribution in [0.25, 0.3) is 10.9 Å². The predicted molar refractivity (Wildman–Crippen MR) is 121 cm³/mol. The number of halogens is 1. The molecule has 1 aliphatic rings. The number of nitrogens with one attached hydrogen (secondary N) is 1. The van der Waals surface area contributed by atoms with Crippen LogP contribution in [0.4, 0.5) is 0 Å². The predicted octanol–water partition coefficient (Wildman–Crippen LogP) is 4.11. The molecule has 1 fully saturated rings. The van der Waals surface area contributed by atoms with Crippen LogP contribution in [0.1, 0.15) is 33.2 Å². The van der Waals surface area contributed by atoms with Crippen molar-refractivity contribution in [1.82, 2.24) is 14.8 Å². The number of esters is 1. The average Bonchev–Trinajstić information content (AvgIpc) is 3.08. The molecule has 2 aromatic carbocycles. The van der Waals surface area contributed by atoms with Crippen LogP contribution in [0.3, 0.4) is 0 Å². The molecule has 1 atom stereocenters. The molecule has 1 N–H and O–H groups in total. The Morgan fingerprint density at radius 1 is 1.06 bits per heavy atom. The minimum atomic E-state index is -0.585. The van der Waals surface area contributed by atoms with Gasteiger partial charge in [-0.25, -0.2) is 4.79 Å². The first-order chi connectivity index (χ1) is 14.9. The molecule has 0 aliphatic carbocycles. The Bertz CT molecular complexity index is 1130. The summed E-state index contributed by atoms with van der Waals surface area (Å²) in [6.45, 7) is 6.26. The van der Waals surface area contributed by atoms with Gasteiger partial charge in [0.2, 0.25) is 0 Å². The van der Waals surface area contributed by atoms with E-state index < -0.39 is 6.04 Å². The van der Waals surface area contributed by atoms with E-state index in [1.54, 1.807) is 6.07 Å². The maximum atomic E-state index is 13.1. The number of hydrogen-bond acceptors (Lipinski definition) is 4. The van der Waals surface area contributed by atoms with E-state index in [1.165, 1.54) is 7.11 Å². The number of nitrogens with zero attached hydrogens (tertiary/aromatic N) is 2. The van der Waals surface area contributed by atoms with Gasteiger partial charge in [-0.2, -0.15) is 0 Å². The van der Waals surface area contributed by atoms with E-state index in [-0.39, 0.29) is 11.9 Å². The quantitative estimate of drug-likeness (QED) is 0.621. The van der Waals surface area contributed by atoms with E-state index in [1.807, 2.05) is 53.1 Å². The van der Waals surface area contributed by atoms with Gasteiger partial charge in [0.1, 0.15) is 6.04 Å². The van der Waals surface area contributed by atoms with Crippen molar-refractivity contribution in [3.63, 3.8) is 0 Å². The summed E-state index contributed by atoms with van der Waals surface area (Å²) in [5, 5.41) is 1.60. The summed E-state index contributed by atoms with van der Waals surface area (Å²) in [5.74, 6) is -0.344. The molecule has 1 aliphatic heterocycles. The fraction of sp³-hybridized carbons (Fsp3) is 0.333. The Morgan fingerprint density at radius 3 is 2.45 bits per heavy atom. The summed E-state index contributed by atoms with van der Waals surface area (Å²) in [4.78, 5) is 32.9. The molecule has 1 saturated heterocycles. The Kier molecular flexibility index (Phi) is 6.03. The number of carbonyl (C=O) groups is 2. The topological polar surface area (TPSA) is 65.6 Å². The zero-order valence-electron chi connectivity index (χ0n) is 17.9. The van der Waals surface area contributed by atoms with Crippen molar-refractivity contribution < 1.29 is 14.3 Å². The summed E-state index contributed by atoms with van der Waals surface area (Å²) in [5.41, 5.74) is 4.71. The van der Waals surface area contributed by atoms with E-state index >= 15 is 0 Å². The molecule has 2 heterocycles. The summed E-state index contributed by atoms with van der Waals surface area (Å²) >= 11 is 6.36. The van der Waals surface area contributed by atoms with Gasteiger partial charge in [-0.05, 0) is 49.2 Å². The third kappa shape index (κ3) is 4.05. The SMILES string of the molecule is COC(=O)[C@@H](c1ccccc1Cl)N1CCN(C(=O)c2ccc3[nH]c(C)c(C)c3c2)CC1. The molecular weight excluding hydrogens is 414 g/mol. The number of rotatable bonds is 4. The standard InChI is InChI=1S/C24H26ClN3O3/c1-15-16(2)26-21-9-8-17(14-19(15)21)23(29)28-12-10-27(11-13-28)22(24(30)31-3)18-6-4-5-7-20(18)25/h4-9,14,22,26H,10-13H2,1-3H3/t22-/m1/s1. The molecule has 7 heteroatoms. The molecule has 4 rings (SSSR count). The smallest absolute Gasteiger partial charge is 0.327 e. The number of piperazine rings is 1. The van der Waals surface area contributed by atoms with Crippen molar-refractivity contribution in [2.45, 2.75) is 19.9 Å². The van der Waals surface area contributed by atoms with Gasteiger partial charge in [0.15, 0.2) is 0 Å². The van der Waals surface area contributed by atoms with Gasteiger partial charge < -0.3 is 14.6 Å². The fourth-order valence-electron chi connectivity index (χ4n) is 4.24. The number of carbonyl (C=O) groups excluding carboxylic acids is 2. The Hall–Kier alpha value is -2.83. The van der Waals surface area contributed by atoms with Crippen molar-refractivity contribution in [3.8, 4) is 0 Å². The normalized spacial score (nSPS) is 15.8. The van der Waals surface area contributed by atoms with Gasteiger partial charge in [-0.1, -0.05) is 29.8 Å². The van der Waals surface area contributed by atoms with Crippen molar-refractivity contribution in [1.29, 1.82) is 0 Å². The van der Waals surface area contributed by atoms with Crippen LogP contribution >= 0.6 is 11.6 Å². The highest BCUT2D eigenvalue weighted by Crippen LogP contribution is 2.30. The lowest BCUT2D eigenvalue weighted by Gasteiger charge is -2.38. The lowest BCUT2D eigenvalue weighted by Crippen LogP contribution is -2.51. The Labute approximate surface area is 186 Å². The second-order valence-corrected chi connectivity index (χ2v) is 8.32. The van der Waals surface area contributed by atoms with Crippen LogP contribution in [0.5, 0.6) is 0 Å². The van der Waals surface area contributed by atoms with Gasteiger partial charge in [0, 0.05) is 53.4 Å². The van der Waals surface area contributed by atoms with Gasteiger partial charge in [-0.15, -0.1) is 0 Å². The molecule has 0 spiro atoms. The number of hydrogen-bond donors (Lipinski definition) is 1. The molecule has 6 nitrogen and oxygen atoms in total. The maximum absolute atomic E-state index is 13.1. The van der Waals surface area contributed by atoms with Crippen LogP contribution in [-0.4, -0.2) is 59.9 Å². The van der Waals surface area contributed by atoms with Crippen LogP contribution in [0.2, 0.25) is 5.02 Å². The lowest BCUT2D eigenvalue weighted by atomic mass is 10.0. The van der Waals surface area contributed by atoms with Crippen LogP contribution in [0.15, 0.2) is 42.5 Å². The maximum Gasteiger partial charge on any atom is 0.327 e. The van der Waals surface area contributed by atoms with Crippen molar-refractivity contribution in [2.24, 2.45) is 0 Å². The molecule has 31 heavy (non-hydrogen) atoms. The van der Waals surface area contributed by atoms with E-state index in [0.717, 1.165) is 27.7 Å². The first-order valence-corrected chi connectivity index (χ1v) is 10.7. The third-order valence-electron chi connectivity index (χ3n) is 6.15. The number of methoxy groups -OCH3 is 1. The Balaban J connectivity index is 1.51. The van der Waals surface area contributed by atoms with Crippen molar-refractivity contribution in [3.05, 3.63) is 69.9 Å². The van der Waals surface area contributed by atoms with Crippen molar-refractivity contribution >= 4 is 34.4 Å². The molecule has 0 radical (unpaired) electrons. The number of aromatic nitrogens is 1. The number of fused-ring (bicyclic) bond motifs is 1. The van der Waals surface area contributed by atoms with Gasteiger partial charge in [0.05, 0.1) is 7.11 Å². The van der Waals surface area contributed by atoms with Gasteiger partial charge >= 0.3 is 5.97 Å². The molecular formula is C24H26ClN3O3. The molecule has 0 unspecified atom stereocenters. The largest absolute Gasteiger partial charge is 0.468 e. The highest BCUT2D eigenvalue weighted by Gasteiger charge is 2.33. The van der Waals surface area contributed by atoms with Crippen LogP contribution in [0, 0.1) is 13.8 Å². The molecule has 0 saturated carbocycles. The second-order valence-electron chi connectivity index (χ2n) is 7.91. The Morgan fingerprint density at radius 2 is 1.77 bits per heavy atom. The zero-order chi connectivity index (χ0) is 22.1. The number of aryl methyl sites for hydroxylation is 2. The molecule has 1 amide bonds. The summed E-state index contributed by atoms with van der Waals surface area (Å²) < 4.78 is 5.05. The van der Waals surface area contributed by atoms with E-state index in [4.69, 9.17) is 16.3 Å². The number of benzene rings is 2. The second kappa shape index (κ2) is 8.73. The number of H-pyrrole nitrogens is 1. The number of ether oxygens (including phenoxy) is 1. The summed E-state index contributed by atoms with van der Waals surface area (Å²) in [6.07, 6.45) is 0. The first kappa shape index (κ1) is 21.4. The van der Waals surface area contributed by atoms with E-state index in [0.29, 0.717) is 36.8 Å². The molecule has 162 valence electrons. The minimum absolute atomic E-state index is 0.00663. The third-order valence-corrected chi connectivity index (χ3v) is 6.49. The highest BCUT2D eigenvalue weighted by molar-refractivity contribution is 6.31.